The average Bonchev–Trinajstić information content (AvgIpc) is 2.50. The maximum Gasteiger partial charge on any atom is 0.0407 e. The molecular weight excluding hydrogens is 256 g/mol. The van der Waals surface area contributed by atoms with Crippen molar-refractivity contribution < 1.29 is 0 Å². The van der Waals surface area contributed by atoms with Crippen LogP contribution in [0.4, 0.5) is 0 Å². The summed E-state index contributed by atoms with van der Waals surface area (Å²) in [4.78, 5) is 8.90. The molecule has 2 heteroatoms. The molecule has 2 aromatic rings. The van der Waals surface area contributed by atoms with Gasteiger partial charge in [-0.05, 0) is 80.3 Å². The Labute approximate surface area is 128 Å². The Kier molecular flexibility index (Phi) is 5.49. The van der Waals surface area contributed by atoms with Crippen molar-refractivity contribution in [3.05, 3.63) is 58.2 Å². The molecular formula is C19H26N2. The summed E-state index contributed by atoms with van der Waals surface area (Å²) in [5, 5.41) is 0. The molecule has 0 aromatic carbocycles. The highest BCUT2D eigenvalue weighted by Crippen LogP contribution is 2.19. The van der Waals surface area contributed by atoms with E-state index in [0.29, 0.717) is 0 Å². The Morgan fingerprint density at radius 3 is 1.57 bits per heavy atom. The number of aromatic nitrogens is 2. The lowest BCUT2D eigenvalue weighted by Crippen LogP contribution is -2.03. The van der Waals surface area contributed by atoms with E-state index in [1.54, 1.807) is 0 Å². The van der Waals surface area contributed by atoms with Gasteiger partial charge in [0.15, 0.2) is 0 Å². The van der Waals surface area contributed by atoms with Gasteiger partial charge < -0.3 is 0 Å². The Morgan fingerprint density at radius 1 is 0.762 bits per heavy atom. The molecule has 0 unspecified atom stereocenters. The van der Waals surface area contributed by atoms with Crippen molar-refractivity contribution in [1.29, 1.82) is 0 Å². The number of rotatable bonds is 6. The molecule has 2 rings (SSSR count). The third-order valence-electron chi connectivity index (χ3n) is 4.35. The van der Waals surface area contributed by atoms with Crippen LogP contribution in [0, 0.1) is 13.8 Å². The van der Waals surface area contributed by atoms with E-state index in [4.69, 9.17) is 0 Å². The molecule has 0 aliphatic rings. The van der Waals surface area contributed by atoms with Crippen molar-refractivity contribution in [2.24, 2.45) is 0 Å². The highest BCUT2D eigenvalue weighted by atomic mass is 14.7. The van der Waals surface area contributed by atoms with Crippen LogP contribution < -0.4 is 0 Å². The van der Waals surface area contributed by atoms with Crippen LogP contribution in [-0.4, -0.2) is 9.97 Å². The van der Waals surface area contributed by atoms with E-state index in [1.165, 1.54) is 40.1 Å². The van der Waals surface area contributed by atoms with Gasteiger partial charge in [0.25, 0.3) is 0 Å². The molecule has 0 atom stereocenters. The van der Waals surface area contributed by atoms with Gasteiger partial charge in [-0.1, -0.05) is 13.8 Å². The fourth-order valence-corrected chi connectivity index (χ4v) is 3.09. The number of hydrogen-bond acceptors (Lipinski definition) is 2. The Hall–Kier alpha value is -1.70. The van der Waals surface area contributed by atoms with Crippen LogP contribution in [0.1, 0.15) is 53.9 Å². The van der Waals surface area contributed by atoms with Gasteiger partial charge in [0, 0.05) is 23.8 Å². The average molecular weight is 282 g/mol. The summed E-state index contributed by atoms with van der Waals surface area (Å²) in [6.07, 6.45) is 9.42. The summed E-state index contributed by atoms with van der Waals surface area (Å²) in [6.45, 7) is 8.69. The molecule has 0 saturated heterocycles. The topological polar surface area (TPSA) is 25.8 Å². The summed E-state index contributed by atoms with van der Waals surface area (Å²) < 4.78 is 0. The molecule has 21 heavy (non-hydrogen) atoms. The molecule has 0 saturated carbocycles. The van der Waals surface area contributed by atoms with Crippen molar-refractivity contribution in [1.82, 2.24) is 9.97 Å². The number of pyridine rings is 2. The molecule has 0 amide bonds. The second-order valence-electron chi connectivity index (χ2n) is 5.63. The zero-order valence-corrected chi connectivity index (χ0v) is 13.7. The minimum atomic E-state index is 1.09. The molecule has 0 radical (unpaired) electrons. The maximum absolute atomic E-state index is 4.45. The minimum absolute atomic E-state index is 1.09. The summed E-state index contributed by atoms with van der Waals surface area (Å²) in [7, 11) is 0. The van der Waals surface area contributed by atoms with Crippen LogP contribution >= 0.6 is 0 Å². The van der Waals surface area contributed by atoms with E-state index in [2.05, 4.69) is 49.8 Å². The largest absolute Gasteiger partial charge is 0.261 e. The Morgan fingerprint density at radius 2 is 1.19 bits per heavy atom. The SMILES string of the molecule is CCc1ccnc(C)c1CCCc1c(CC)ccnc1C. The third kappa shape index (κ3) is 3.69. The van der Waals surface area contributed by atoms with Gasteiger partial charge in [0.1, 0.15) is 0 Å². The van der Waals surface area contributed by atoms with E-state index in [-0.39, 0.29) is 0 Å². The minimum Gasteiger partial charge on any atom is -0.261 e. The number of hydrogen-bond donors (Lipinski definition) is 0. The van der Waals surface area contributed by atoms with E-state index in [1.807, 2.05) is 12.4 Å². The summed E-state index contributed by atoms with van der Waals surface area (Å²) in [5.41, 5.74) is 8.15. The molecule has 2 heterocycles. The van der Waals surface area contributed by atoms with Crippen molar-refractivity contribution in [2.75, 3.05) is 0 Å². The predicted molar refractivity (Wildman–Crippen MR) is 88.7 cm³/mol. The van der Waals surface area contributed by atoms with Gasteiger partial charge in [-0.3, -0.25) is 9.97 Å². The van der Waals surface area contributed by atoms with E-state index >= 15 is 0 Å². The Balaban J connectivity index is 2.09. The zero-order valence-electron chi connectivity index (χ0n) is 13.7. The lowest BCUT2D eigenvalue weighted by atomic mass is 9.95. The monoisotopic (exact) mass is 282 g/mol. The first-order valence-corrected chi connectivity index (χ1v) is 8.04. The first kappa shape index (κ1) is 15.7. The molecule has 0 spiro atoms. The number of nitrogens with zero attached hydrogens (tertiary/aromatic N) is 2. The first-order chi connectivity index (χ1) is 10.2. The lowest BCUT2D eigenvalue weighted by molar-refractivity contribution is 0.781. The quantitative estimate of drug-likeness (QED) is 0.785. The van der Waals surface area contributed by atoms with E-state index < -0.39 is 0 Å². The molecule has 0 aliphatic heterocycles. The highest BCUT2D eigenvalue weighted by molar-refractivity contribution is 5.32. The standard InChI is InChI=1S/C19H26N2/c1-5-16-10-12-20-14(3)18(16)8-7-9-19-15(4)21-13-11-17(19)6-2/h10-13H,5-9H2,1-4H3. The van der Waals surface area contributed by atoms with Gasteiger partial charge in [-0.25, -0.2) is 0 Å². The van der Waals surface area contributed by atoms with E-state index in [9.17, 15) is 0 Å². The summed E-state index contributed by atoms with van der Waals surface area (Å²) in [6, 6.07) is 4.32. The van der Waals surface area contributed by atoms with Crippen molar-refractivity contribution in [3.63, 3.8) is 0 Å². The molecule has 0 N–H and O–H groups in total. The van der Waals surface area contributed by atoms with Crippen LogP contribution in [0.5, 0.6) is 0 Å². The third-order valence-corrected chi connectivity index (χ3v) is 4.35. The van der Waals surface area contributed by atoms with Crippen LogP contribution in [0.2, 0.25) is 0 Å². The van der Waals surface area contributed by atoms with Crippen molar-refractivity contribution in [3.8, 4) is 0 Å². The van der Waals surface area contributed by atoms with E-state index in [0.717, 1.165) is 25.7 Å². The summed E-state index contributed by atoms with van der Waals surface area (Å²) in [5.74, 6) is 0. The lowest BCUT2D eigenvalue weighted by Gasteiger charge is -2.13. The van der Waals surface area contributed by atoms with Crippen LogP contribution in [-0.2, 0) is 25.7 Å². The fourth-order valence-electron chi connectivity index (χ4n) is 3.09. The normalized spacial score (nSPS) is 10.9. The smallest absolute Gasteiger partial charge is 0.0407 e. The first-order valence-electron chi connectivity index (χ1n) is 8.04. The number of aryl methyl sites for hydroxylation is 4. The zero-order chi connectivity index (χ0) is 15.2. The van der Waals surface area contributed by atoms with Crippen LogP contribution in [0.3, 0.4) is 0 Å². The van der Waals surface area contributed by atoms with Gasteiger partial charge >= 0.3 is 0 Å². The predicted octanol–water partition coefficient (Wildman–Crippen LogP) is 4.39. The highest BCUT2D eigenvalue weighted by Gasteiger charge is 2.08. The van der Waals surface area contributed by atoms with Gasteiger partial charge in [0.05, 0.1) is 0 Å². The summed E-state index contributed by atoms with van der Waals surface area (Å²) >= 11 is 0. The Bertz CT molecular complexity index is 549. The molecule has 0 aliphatic carbocycles. The molecule has 2 nitrogen and oxygen atoms in total. The van der Waals surface area contributed by atoms with Crippen molar-refractivity contribution in [2.45, 2.75) is 59.8 Å². The molecule has 112 valence electrons. The van der Waals surface area contributed by atoms with Crippen molar-refractivity contribution >= 4 is 0 Å². The van der Waals surface area contributed by atoms with Gasteiger partial charge in [0.2, 0.25) is 0 Å². The second kappa shape index (κ2) is 7.35. The van der Waals surface area contributed by atoms with Gasteiger partial charge in [-0.15, -0.1) is 0 Å². The second-order valence-corrected chi connectivity index (χ2v) is 5.63. The van der Waals surface area contributed by atoms with Crippen LogP contribution in [0.15, 0.2) is 24.5 Å². The molecule has 0 bridgehead atoms. The maximum atomic E-state index is 4.45. The van der Waals surface area contributed by atoms with Gasteiger partial charge in [-0.2, -0.15) is 0 Å². The fraction of sp³-hybridized carbons (Fsp3) is 0.474. The molecule has 0 fully saturated rings. The van der Waals surface area contributed by atoms with Crippen LogP contribution in [0.25, 0.3) is 0 Å². The molecule has 2 aromatic heterocycles.